The Morgan fingerprint density at radius 1 is 1.00 bits per heavy atom. The predicted molar refractivity (Wildman–Crippen MR) is 112 cm³/mol. The van der Waals surface area contributed by atoms with Gasteiger partial charge in [0.25, 0.3) is 5.91 Å². The van der Waals surface area contributed by atoms with Crippen LogP contribution in [-0.4, -0.2) is 46.9 Å². The van der Waals surface area contributed by atoms with Gasteiger partial charge in [0.2, 0.25) is 0 Å². The number of benzene rings is 2. The van der Waals surface area contributed by atoms with Crippen molar-refractivity contribution in [2.45, 2.75) is 6.04 Å². The second-order valence-corrected chi connectivity index (χ2v) is 7.72. The zero-order chi connectivity index (χ0) is 19.5. The third-order valence-corrected chi connectivity index (χ3v) is 5.62. The van der Waals surface area contributed by atoms with Crippen LogP contribution in [-0.2, 0) is 0 Å². The van der Waals surface area contributed by atoms with Gasteiger partial charge in [0.05, 0.1) is 11.6 Å². The number of carbonyl (C=O) groups is 1. The summed E-state index contributed by atoms with van der Waals surface area (Å²) >= 11 is 3.43. The molecule has 1 aliphatic heterocycles. The molecule has 0 saturated carbocycles. The van der Waals surface area contributed by atoms with E-state index in [1.54, 1.807) is 6.07 Å². The zero-order valence-electron chi connectivity index (χ0n) is 15.3. The van der Waals surface area contributed by atoms with Crippen molar-refractivity contribution in [3.63, 3.8) is 0 Å². The van der Waals surface area contributed by atoms with Crippen LogP contribution in [0.1, 0.15) is 22.1 Å². The molecule has 5 nitrogen and oxygen atoms in total. The number of nitriles is 1. The third kappa shape index (κ3) is 3.77. The fourth-order valence-electron chi connectivity index (χ4n) is 3.54. The number of hydrogen-bond donors (Lipinski definition) is 0. The molecule has 0 N–H and O–H groups in total. The molecule has 0 radical (unpaired) electrons. The van der Waals surface area contributed by atoms with Gasteiger partial charge in [0.1, 0.15) is 11.7 Å². The van der Waals surface area contributed by atoms with Crippen molar-refractivity contribution in [1.82, 2.24) is 14.8 Å². The molecule has 1 atom stereocenters. The number of rotatable bonds is 3. The van der Waals surface area contributed by atoms with Crippen LogP contribution in [0.25, 0.3) is 10.9 Å². The molecule has 0 spiro atoms. The van der Waals surface area contributed by atoms with Gasteiger partial charge in [-0.05, 0) is 29.8 Å². The van der Waals surface area contributed by atoms with Crippen molar-refractivity contribution in [3.8, 4) is 6.07 Å². The van der Waals surface area contributed by atoms with Crippen LogP contribution in [0.15, 0.2) is 65.1 Å². The first-order valence-electron chi connectivity index (χ1n) is 9.20. The van der Waals surface area contributed by atoms with Crippen LogP contribution in [0, 0.1) is 11.3 Å². The largest absolute Gasteiger partial charge is 0.335 e. The topological polar surface area (TPSA) is 60.2 Å². The lowest BCUT2D eigenvalue weighted by Crippen LogP contribution is -2.49. The molecular weight excluding hydrogens is 416 g/mol. The molecule has 4 rings (SSSR count). The standard InChI is InChI=1S/C22H19BrN4O/c23-18-8-5-17(6-9-18)21(15-24)26-11-13-27(14-12-26)22(28)20-10-7-16-3-1-2-4-19(16)25-20/h1-10,21H,11-14H2/t21-/m0/s1. The summed E-state index contributed by atoms with van der Waals surface area (Å²) in [6, 6.07) is 21.4. The van der Waals surface area contributed by atoms with Crippen LogP contribution in [0.2, 0.25) is 0 Å². The summed E-state index contributed by atoms with van der Waals surface area (Å²) in [5.41, 5.74) is 2.27. The Kier molecular flexibility index (Phi) is 5.38. The summed E-state index contributed by atoms with van der Waals surface area (Å²) < 4.78 is 0.992. The Morgan fingerprint density at radius 2 is 1.71 bits per heavy atom. The maximum Gasteiger partial charge on any atom is 0.272 e. The van der Waals surface area contributed by atoms with Crippen molar-refractivity contribution in [2.24, 2.45) is 0 Å². The number of fused-ring (bicyclic) bond motifs is 1. The number of halogens is 1. The van der Waals surface area contributed by atoms with E-state index in [2.05, 4.69) is 31.9 Å². The van der Waals surface area contributed by atoms with E-state index in [0.717, 1.165) is 20.9 Å². The van der Waals surface area contributed by atoms with Gasteiger partial charge >= 0.3 is 0 Å². The summed E-state index contributed by atoms with van der Waals surface area (Å²) in [7, 11) is 0. The summed E-state index contributed by atoms with van der Waals surface area (Å²) in [5, 5.41) is 10.7. The van der Waals surface area contributed by atoms with Gasteiger partial charge in [-0.3, -0.25) is 9.69 Å². The van der Waals surface area contributed by atoms with E-state index in [1.165, 1.54) is 0 Å². The van der Waals surface area contributed by atoms with Gasteiger partial charge in [-0.2, -0.15) is 5.26 Å². The van der Waals surface area contributed by atoms with Crippen molar-refractivity contribution < 1.29 is 4.79 Å². The van der Waals surface area contributed by atoms with Crippen molar-refractivity contribution >= 4 is 32.7 Å². The van der Waals surface area contributed by atoms with Crippen molar-refractivity contribution in [3.05, 3.63) is 76.4 Å². The van der Waals surface area contributed by atoms with Gasteiger partial charge in [0, 0.05) is 36.0 Å². The average molecular weight is 435 g/mol. The molecule has 6 heteroatoms. The Bertz CT molecular complexity index is 1040. The van der Waals surface area contributed by atoms with Gasteiger partial charge < -0.3 is 4.90 Å². The van der Waals surface area contributed by atoms with Gasteiger partial charge in [0.15, 0.2) is 0 Å². The molecule has 2 aromatic carbocycles. The molecule has 2 heterocycles. The van der Waals surface area contributed by atoms with E-state index < -0.39 is 0 Å². The third-order valence-electron chi connectivity index (χ3n) is 5.09. The number of carbonyl (C=O) groups excluding carboxylic acids is 1. The highest BCUT2D eigenvalue weighted by molar-refractivity contribution is 9.10. The van der Waals surface area contributed by atoms with E-state index in [1.807, 2.05) is 59.5 Å². The van der Waals surface area contributed by atoms with Gasteiger partial charge in [-0.25, -0.2) is 4.98 Å². The van der Waals surface area contributed by atoms with Crippen LogP contribution < -0.4 is 0 Å². The first-order valence-corrected chi connectivity index (χ1v) is 9.99. The summed E-state index contributed by atoms with van der Waals surface area (Å²) in [6.07, 6.45) is 0. The molecule has 1 fully saturated rings. The van der Waals surface area contributed by atoms with E-state index in [4.69, 9.17) is 0 Å². The number of para-hydroxylation sites is 1. The summed E-state index contributed by atoms with van der Waals surface area (Å²) in [6.45, 7) is 2.49. The number of amides is 1. The highest BCUT2D eigenvalue weighted by Gasteiger charge is 2.28. The minimum atomic E-state index is -0.302. The fraction of sp³-hybridized carbons (Fsp3) is 0.227. The lowest BCUT2D eigenvalue weighted by molar-refractivity contribution is 0.0601. The second kappa shape index (κ2) is 8.09. The van der Waals surface area contributed by atoms with Crippen molar-refractivity contribution in [1.29, 1.82) is 5.26 Å². The average Bonchev–Trinajstić information content (AvgIpc) is 2.75. The highest BCUT2D eigenvalue weighted by atomic mass is 79.9. The fourth-order valence-corrected chi connectivity index (χ4v) is 3.81. The summed E-state index contributed by atoms with van der Waals surface area (Å²) in [5.74, 6) is -0.0532. The smallest absolute Gasteiger partial charge is 0.272 e. The number of pyridine rings is 1. The number of nitrogens with zero attached hydrogens (tertiary/aromatic N) is 4. The minimum absolute atomic E-state index is 0.0532. The predicted octanol–water partition coefficient (Wildman–Crippen LogP) is 4.02. The van der Waals surface area contributed by atoms with Crippen LogP contribution in [0.5, 0.6) is 0 Å². The normalized spacial score (nSPS) is 15.9. The molecular formula is C22H19BrN4O. The van der Waals surface area contributed by atoms with Crippen LogP contribution in [0.3, 0.4) is 0 Å². The number of hydrogen-bond acceptors (Lipinski definition) is 4. The zero-order valence-corrected chi connectivity index (χ0v) is 16.8. The first-order chi connectivity index (χ1) is 13.7. The minimum Gasteiger partial charge on any atom is -0.335 e. The summed E-state index contributed by atoms with van der Waals surface area (Å²) in [4.78, 5) is 21.3. The van der Waals surface area contributed by atoms with E-state index >= 15 is 0 Å². The first kappa shape index (κ1) is 18.6. The van der Waals surface area contributed by atoms with E-state index in [-0.39, 0.29) is 11.9 Å². The van der Waals surface area contributed by atoms with Gasteiger partial charge in [-0.1, -0.05) is 52.3 Å². The Labute approximate surface area is 172 Å². The number of aromatic nitrogens is 1. The van der Waals surface area contributed by atoms with E-state index in [9.17, 15) is 10.1 Å². The Morgan fingerprint density at radius 3 is 2.43 bits per heavy atom. The lowest BCUT2D eigenvalue weighted by Gasteiger charge is -2.36. The number of piperazine rings is 1. The maximum atomic E-state index is 12.9. The SMILES string of the molecule is N#C[C@@H](c1ccc(Br)cc1)N1CCN(C(=O)c2ccc3ccccc3n2)CC1. The molecule has 3 aromatic rings. The molecule has 0 aliphatic carbocycles. The molecule has 1 saturated heterocycles. The van der Waals surface area contributed by atoms with Crippen LogP contribution >= 0.6 is 15.9 Å². The molecule has 1 amide bonds. The van der Waals surface area contributed by atoms with Crippen molar-refractivity contribution in [2.75, 3.05) is 26.2 Å². The second-order valence-electron chi connectivity index (χ2n) is 6.80. The highest BCUT2D eigenvalue weighted by Crippen LogP contribution is 2.24. The molecule has 0 unspecified atom stereocenters. The Balaban J connectivity index is 1.44. The lowest BCUT2D eigenvalue weighted by atomic mass is 10.1. The quantitative estimate of drug-likeness (QED) is 0.624. The van der Waals surface area contributed by atoms with E-state index in [0.29, 0.717) is 31.9 Å². The molecule has 1 aliphatic rings. The maximum absolute atomic E-state index is 12.9. The van der Waals surface area contributed by atoms with Gasteiger partial charge in [-0.15, -0.1) is 0 Å². The molecule has 1 aromatic heterocycles. The molecule has 0 bridgehead atoms. The molecule has 28 heavy (non-hydrogen) atoms. The molecule has 140 valence electrons. The monoisotopic (exact) mass is 434 g/mol. The van der Waals surface area contributed by atoms with Crippen LogP contribution in [0.4, 0.5) is 0 Å². The Hall–Kier alpha value is -2.75.